The smallest absolute Gasteiger partial charge is 0.276 e. The van der Waals surface area contributed by atoms with Crippen molar-refractivity contribution in [3.63, 3.8) is 0 Å². The van der Waals surface area contributed by atoms with E-state index in [0.717, 1.165) is 44.9 Å². The van der Waals surface area contributed by atoms with E-state index in [0.29, 0.717) is 49.0 Å². The molecule has 31 heavy (non-hydrogen) atoms. The molecule has 0 bridgehead atoms. The van der Waals surface area contributed by atoms with Crippen LogP contribution in [0.15, 0.2) is 34.9 Å². The topological polar surface area (TPSA) is 84.7 Å². The van der Waals surface area contributed by atoms with E-state index in [4.69, 9.17) is 9.26 Å². The highest BCUT2D eigenvalue weighted by atomic mass is 16.5. The molecule has 0 radical (unpaired) electrons. The molecule has 166 valence electrons. The molecule has 2 aliphatic rings. The van der Waals surface area contributed by atoms with Crippen LogP contribution in [0, 0.1) is 12.3 Å². The van der Waals surface area contributed by atoms with Crippen molar-refractivity contribution in [2.45, 2.75) is 51.9 Å². The summed E-state index contributed by atoms with van der Waals surface area (Å²) in [4.78, 5) is 27.8. The lowest BCUT2D eigenvalue weighted by Gasteiger charge is -2.43. The van der Waals surface area contributed by atoms with Crippen LogP contribution in [0.2, 0.25) is 0 Å². The molecule has 1 saturated heterocycles. The number of nitrogens with zero attached hydrogens (tertiary/aromatic N) is 2. The highest BCUT2D eigenvalue weighted by molar-refractivity contribution is 5.97. The summed E-state index contributed by atoms with van der Waals surface area (Å²) < 4.78 is 11.0. The van der Waals surface area contributed by atoms with Crippen molar-refractivity contribution in [1.29, 1.82) is 0 Å². The van der Waals surface area contributed by atoms with E-state index in [-0.39, 0.29) is 17.2 Å². The first-order valence-electron chi connectivity index (χ1n) is 11.3. The first kappa shape index (κ1) is 21.4. The number of hydrogen-bond acceptors (Lipinski definition) is 5. The van der Waals surface area contributed by atoms with Gasteiger partial charge in [0.15, 0.2) is 5.69 Å². The average molecular weight is 426 g/mol. The van der Waals surface area contributed by atoms with Crippen molar-refractivity contribution < 1.29 is 18.8 Å². The molecule has 2 aliphatic heterocycles. The molecule has 2 aromatic rings. The molecule has 3 heterocycles. The highest BCUT2D eigenvalue weighted by Crippen LogP contribution is 2.36. The molecule has 1 N–H and O–H groups in total. The summed E-state index contributed by atoms with van der Waals surface area (Å²) in [6, 6.07) is 9.09. The van der Waals surface area contributed by atoms with Crippen LogP contribution in [0.4, 0.5) is 0 Å². The minimum absolute atomic E-state index is 0.0936. The molecular weight excluding hydrogens is 394 g/mol. The number of para-hydroxylation sites is 1. The summed E-state index contributed by atoms with van der Waals surface area (Å²) in [7, 11) is 0. The van der Waals surface area contributed by atoms with Crippen molar-refractivity contribution in [3.8, 4) is 5.75 Å². The molecule has 0 saturated carbocycles. The maximum absolute atomic E-state index is 13.0. The molecule has 0 aliphatic carbocycles. The quantitative estimate of drug-likeness (QED) is 0.747. The van der Waals surface area contributed by atoms with Crippen LogP contribution in [0.3, 0.4) is 0 Å². The number of carbonyl (C=O) groups excluding carboxylic acids is 2. The van der Waals surface area contributed by atoms with Crippen LogP contribution in [0.5, 0.6) is 5.75 Å². The van der Waals surface area contributed by atoms with Gasteiger partial charge in [-0.15, -0.1) is 0 Å². The Kier molecular flexibility index (Phi) is 6.59. The fraction of sp³-hybridized carbons (Fsp3) is 0.542. The lowest BCUT2D eigenvalue weighted by Crippen LogP contribution is -2.51. The molecule has 7 heteroatoms. The van der Waals surface area contributed by atoms with Gasteiger partial charge in [0.2, 0.25) is 0 Å². The molecule has 1 unspecified atom stereocenters. The van der Waals surface area contributed by atoms with Gasteiger partial charge in [-0.1, -0.05) is 36.6 Å². The maximum atomic E-state index is 13.0. The van der Waals surface area contributed by atoms with Crippen LogP contribution in [0.25, 0.3) is 0 Å². The number of rotatable bonds is 1. The van der Waals surface area contributed by atoms with Gasteiger partial charge >= 0.3 is 0 Å². The number of hydrogen-bond donors (Lipinski definition) is 1. The molecule has 1 fully saturated rings. The van der Waals surface area contributed by atoms with Crippen LogP contribution in [-0.4, -0.2) is 48.1 Å². The van der Waals surface area contributed by atoms with Gasteiger partial charge in [0.25, 0.3) is 11.8 Å². The van der Waals surface area contributed by atoms with E-state index >= 15 is 0 Å². The molecule has 2 amide bonds. The normalized spacial score (nSPS) is 23.0. The Morgan fingerprint density at radius 3 is 2.77 bits per heavy atom. The van der Waals surface area contributed by atoms with Crippen molar-refractivity contribution in [2.24, 2.45) is 5.41 Å². The third kappa shape index (κ3) is 5.09. The van der Waals surface area contributed by atoms with Crippen molar-refractivity contribution >= 4 is 11.8 Å². The Labute approximate surface area is 183 Å². The molecule has 1 aromatic heterocycles. The predicted octanol–water partition coefficient (Wildman–Crippen LogP) is 3.98. The van der Waals surface area contributed by atoms with Gasteiger partial charge in [-0.25, -0.2) is 0 Å². The number of carbonyl (C=O) groups is 2. The minimum Gasteiger partial charge on any atom is -0.493 e. The van der Waals surface area contributed by atoms with E-state index < -0.39 is 0 Å². The van der Waals surface area contributed by atoms with Gasteiger partial charge in [0.1, 0.15) is 11.5 Å². The Bertz CT molecular complexity index is 925. The van der Waals surface area contributed by atoms with Crippen LogP contribution in [0.1, 0.15) is 71.6 Å². The van der Waals surface area contributed by atoms with Crippen molar-refractivity contribution in [1.82, 2.24) is 15.4 Å². The van der Waals surface area contributed by atoms with E-state index in [9.17, 15) is 9.59 Å². The van der Waals surface area contributed by atoms with Gasteiger partial charge in [-0.2, -0.15) is 0 Å². The lowest BCUT2D eigenvalue weighted by molar-refractivity contribution is 0.0462. The summed E-state index contributed by atoms with van der Waals surface area (Å²) in [5, 5.41) is 7.06. The largest absolute Gasteiger partial charge is 0.493 e. The van der Waals surface area contributed by atoms with Gasteiger partial charge in [0.05, 0.1) is 12.2 Å². The first-order chi connectivity index (χ1) is 15.1. The summed E-state index contributed by atoms with van der Waals surface area (Å²) in [6.07, 6.45) is 7.16. The Hall–Kier alpha value is -2.83. The third-order valence-corrected chi connectivity index (χ3v) is 6.41. The number of fused-ring (bicyclic) bond motifs is 1. The van der Waals surface area contributed by atoms with Crippen LogP contribution in [-0.2, 0) is 0 Å². The molecule has 1 aromatic carbocycles. The number of piperidine rings is 1. The number of nitrogens with one attached hydrogen (secondary N) is 1. The molecule has 1 spiro atoms. The van der Waals surface area contributed by atoms with Gasteiger partial charge < -0.3 is 19.5 Å². The van der Waals surface area contributed by atoms with Crippen LogP contribution < -0.4 is 10.1 Å². The third-order valence-electron chi connectivity index (χ3n) is 6.41. The van der Waals surface area contributed by atoms with E-state index in [1.807, 2.05) is 23.1 Å². The molecule has 7 nitrogen and oxygen atoms in total. The number of benzene rings is 1. The first-order valence-corrected chi connectivity index (χ1v) is 11.3. The summed E-state index contributed by atoms with van der Waals surface area (Å²) in [6.45, 7) is 4.28. The van der Waals surface area contributed by atoms with Crippen molar-refractivity contribution in [2.75, 3.05) is 26.2 Å². The fourth-order valence-electron chi connectivity index (χ4n) is 4.73. The van der Waals surface area contributed by atoms with Gasteiger partial charge in [-0.05, 0) is 44.7 Å². The van der Waals surface area contributed by atoms with Gasteiger partial charge in [-0.3, -0.25) is 9.59 Å². The Balaban J connectivity index is 1.52. The standard InChI is InChI=1S/C24H31N3O4/c1-18-15-20(26-31-18)23(29)27-13-8-12-24(17-27)11-6-2-3-7-14-30-21-10-5-4-9-19(21)22(28)25-16-24/h4-5,9-10,15H,2-3,6-8,11-14,16-17H2,1H3,(H,25,28). The summed E-state index contributed by atoms with van der Waals surface area (Å²) in [5.74, 6) is 1.05. The fourth-order valence-corrected chi connectivity index (χ4v) is 4.73. The van der Waals surface area contributed by atoms with E-state index in [1.165, 1.54) is 0 Å². The van der Waals surface area contributed by atoms with Crippen molar-refractivity contribution in [3.05, 3.63) is 47.3 Å². The van der Waals surface area contributed by atoms with Crippen LogP contribution >= 0.6 is 0 Å². The van der Waals surface area contributed by atoms with E-state index in [2.05, 4.69) is 10.5 Å². The number of aromatic nitrogens is 1. The molecule has 4 rings (SSSR count). The lowest BCUT2D eigenvalue weighted by atomic mass is 9.75. The second-order valence-corrected chi connectivity index (χ2v) is 8.84. The number of aryl methyl sites for hydroxylation is 1. The minimum atomic E-state index is -0.133. The zero-order chi connectivity index (χ0) is 21.7. The number of ether oxygens (including phenoxy) is 1. The van der Waals surface area contributed by atoms with E-state index in [1.54, 1.807) is 19.1 Å². The SMILES string of the molecule is Cc1cc(C(=O)N2CCCC3(CCCCCCOc4ccccc4C(=O)NC3)C2)no1. The summed E-state index contributed by atoms with van der Waals surface area (Å²) in [5.41, 5.74) is 0.791. The number of amides is 2. The second-order valence-electron chi connectivity index (χ2n) is 8.84. The summed E-state index contributed by atoms with van der Waals surface area (Å²) >= 11 is 0. The highest BCUT2D eigenvalue weighted by Gasteiger charge is 2.38. The monoisotopic (exact) mass is 425 g/mol. The number of likely N-dealkylation sites (tertiary alicyclic amines) is 1. The Morgan fingerprint density at radius 2 is 1.94 bits per heavy atom. The second kappa shape index (κ2) is 9.54. The molecule has 1 atom stereocenters. The maximum Gasteiger partial charge on any atom is 0.276 e. The Morgan fingerprint density at radius 1 is 1.13 bits per heavy atom. The predicted molar refractivity (Wildman–Crippen MR) is 116 cm³/mol. The average Bonchev–Trinajstić information content (AvgIpc) is 3.23. The van der Waals surface area contributed by atoms with Gasteiger partial charge in [0, 0.05) is 31.1 Å². The zero-order valence-corrected chi connectivity index (χ0v) is 18.2. The molecular formula is C24H31N3O4. The zero-order valence-electron chi connectivity index (χ0n) is 18.2.